The highest BCUT2D eigenvalue weighted by Gasteiger charge is 2.20. The number of carbonyl (C=O) groups excluding carboxylic acids is 1. The van der Waals surface area contributed by atoms with Crippen LogP contribution in [0, 0.1) is 6.92 Å². The Labute approximate surface area is 198 Å². The molecule has 2 aromatic carbocycles. The molecule has 7 heteroatoms. The Kier molecular flexibility index (Phi) is 7.79. The van der Waals surface area contributed by atoms with Gasteiger partial charge < -0.3 is 9.64 Å². The Morgan fingerprint density at radius 3 is 2.62 bits per heavy atom. The summed E-state index contributed by atoms with van der Waals surface area (Å²) in [6.45, 7) is 6.77. The number of thiazole rings is 1. The summed E-state index contributed by atoms with van der Waals surface area (Å²) in [6, 6.07) is 16.0. The van der Waals surface area contributed by atoms with Gasteiger partial charge in [-0.15, -0.1) is 11.3 Å². The van der Waals surface area contributed by atoms with E-state index in [1.165, 1.54) is 11.1 Å². The number of amides is 1. The fraction of sp³-hybridized carbons (Fsp3) is 0.360. The highest BCUT2D eigenvalue weighted by Crippen LogP contribution is 2.18. The third-order valence-corrected chi connectivity index (χ3v) is 6.70. The van der Waals surface area contributed by atoms with Crippen molar-refractivity contribution in [3.63, 3.8) is 0 Å². The van der Waals surface area contributed by atoms with Gasteiger partial charge in [-0.3, -0.25) is 9.69 Å². The van der Waals surface area contributed by atoms with Crippen molar-refractivity contribution < 1.29 is 9.53 Å². The van der Waals surface area contributed by atoms with Crippen LogP contribution in [0.15, 0.2) is 53.9 Å². The Morgan fingerprint density at radius 2 is 1.84 bits per heavy atom. The van der Waals surface area contributed by atoms with Crippen LogP contribution >= 0.6 is 22.9 Å². The van der Waals surface area contributed by atoms with Gasteiger partial charge in [0.15, 0.2) is 0 Å². The van der Waals surface area contributed by atoms with E-state index in [4.69, 9.17) is 16.3 Å². The zero-order valence-electron chi connectivity index (χ0n) is 18.3. The first-order chi connectivity index (χ1) is 15.5. The Bertz CT molecular complexity index is 1020. The molecule has 3 aromatic rings. The summed E-state index contributed by atoms with van der Waals surface area (Å²) in [5.41, 5.74) is 3.27. The number of halogens is 1. The number of rotatable bonds is 7. The number of carbonyl (C=O) groups is 1. The Morgan fingerprint density at radius 1 is 1.06 bits per heavy atom. The topological polar surface area (TPSA) is 45.7 Å². The molecule has 0 bridgehead atoms. The monoisotopic (exact) mass is 469 g/mol. The lowest BCUT2D eigenvalue weighted by atomic mass is 10.2. The van der Waals surface area contributed by atoms with Crippen LogP contribution in [0.1, 0.15) is 28.2 Å². The molecule has 1 aliphatic rings. The van der Waals surface area contributed by atoms with Crippen molar-refractivity contribution in [2.45, 2.75) is 32.9 Å². The van der Waals surface area contributed by atoms with Gasteiger partial charge in [0.05, 0.1) is 12.1 Å². The third-order valence-electron chi connectivity index (χ3n) is 5.58. The highest BCUT2D eigenvalue weighted by molar-refractivity contribution is 7.09. The molecule has 1 aromatic heterocycles. The fourth-order valence-corrected chi connectivity index (χ4v) is 4.60. The quantitative estimate of drug-likeness (QED) is 0.490. The number of hydrogen-bond acceptors (Lipinski definition) is 5. The molecule has 1 fully saturated rings. The number of aryl methyl sites for hydroxylation is 1. The molecule has 4 rings (SSSR count). The first-order valence-corrected chi connectivity index (χ1v) is 12.2. The summed E-state index contributed by atoms with van der Waals surface area (Å²) in [5, 5.41) is 3.61. The predicted molar refractivity (Wildman–Crippen MR) is 129 cm³/mol. The molecule has 0 atom stereocenters. The third kappa shape index (κ3) is 6.55. The zero-order valence-corrected chi connectivity index (χ0v) is 19.9. The van der Waals surface area contributed by atoms with E-state index in [9.17, 15) is 4.79 Å². The van der Waals surface area contributed by atoms with Gasteiger partial charge in [0, 0.05) is 43.1 Å². The minimum atomic E-state index is 0.148. The number of aromatic nitrogens is 1. The standard InChI is InChI=1S/C25H28ClN3O2S/c1-19-3-9-23(10-4-19)31-17-24-27-22(18-32-24)15-25(30)29-12-2-11-28(13-14-29)16-20-5-7-21(26)8-6-20/h3-10,18H,2,11-17H2,1H3. The number of nitrogens with zero attached hydrogens (tertiary/aromatic N) is 3. The maximum absolute atomic E-state index is 12.9. The highest BCUT2D eigenvalue weighted by atomic mass is 35.5. The largest absolute Gasteiger partial charge is 0.486 e. The van der Waals surface area contributed by atoms with Crippen molar-refractivity contribution in [1.82, 2.24) is 14.8 Å². The van der Waals surface area contributed by atoms with E-state index in [-0.39, 0.29) is 5.91 Å². The summed E-state index contributed by atoms with van der Waals surface area (Å²) < 4.78 is 5.81. The van der Waals surface area contributed by atoms with Crippen molar-refractivity contribution in [3.05, 3.63) is 80.8 Å². The van der Waals surface area contributed by atoms with E-state index >= 15 is 0 Å². The molecule has 1 saturated heterocycles. The smallest absolute Gasteiger partial charge is 0.228 e. The predicted octanol–water partition coefficient (Wildman–Crippen LogP) is 4.96. The van der Waals surface area contributed by atoms with Gasteiger partial charge in [0.1, 0.15) is 17.4 Å². The molecule has 0 radical (unpaired) electrons. The van der Waals surface area contributed by atoms with Gasteiger partial charge in [-0.05, 0) is 43.2 Å². The molecular weight excluding hydrogens is 442 g/mol. The zero-order chi connectivity index (χ0) is 22.3. The normalized spacial score (nSPS) is 14.9. The summed E-state index contributed by atoms with van der Waals surface area (Å²) in [5.74, 6) is 0.978. The Hall–Kier alpha value is -2.41. The van der Waals surface area contributed by atoms with Crippen LogP contribution in [0.3, 0.4) is 0 Å². The van der Waals surface area contributed by atoms with E-state index in [2.05, 4.69) is 28.9 Å². The minimum Gasteiger partial charge on any atom is -0.486 e. The maximum atomic E-state index is 12.9. The first kappa shape index (κ1) is 22.8. The molecule has 168 valence electrons. The molecule has 0 unspecified atom stereocenters. The lowest BCUT2D eigenvalue weighted by Crippen LogP contribution is -2.36. The molecule has 1 amide bonds. The number of benzene rings is 2. The van der Waals surface area contributed by atoms with E-state index in [1.54, 1.807) is 11.3 Å². The van der Waals surface area contributed by atoms with Crippen molar-refractivity contribution >= 4 is 28.8 Å². The SMILES string of the molecule is Cc1ccc(OCc2nc(CC(=O)N3CCCN(Cc4ccc(Cl)cc4)CC3)cs2)cc1. The van der Waals surface area contributed by atoms with Crippen LogP contribution in [-0.4, -0.2) is 46.9 Å². The van der Waals surface area contributed by atoms with Crippen molar-refractivity contribution in [3.8, 4) is 5.75 Å². The van der Waals surface area contributed by atoms with Crippen molar-refractivity contribution in [1.29, 1.82) is 0 Å². The van der Waals surface area contributed by atoms with Gasteiger partial charge in [0.25, 0.3) is 0 Å². The van der Waals surface area contributed by atoms with E-state index in [1.807, 2.05) is 46.7 Å². The van der Waals surface area contributed by atoms with Crippen LogP contribution in [0.2, 0.25) is 5.02 Å². The lowest BCUT2D eigenvalue weighted by Gasteiger charge is -2.22. The van der Waals surface area contributed by atoms with Crippen LogP contribution < -0.4 is 4.74 Å². The van der Waals surface area contributed by atoms with Gasteiger partial charge in [-0.2, -0.15) is 0 Å². The van der Waals surface area contributed by atoms with Crippen LogP contribution in [0.4, 0.5) is 0 Å². The maximum Gasteiger partial charge on any atom is 0.228 e. The summed E-state index contributed by atoms with van der Waals surface area (Å²) >= 11 is 7.53. The molecule has 0 N–H and O–H groups in total. The van der Waals surface area contributed by atoms with Gasteiger partial charge >= 0.3 is 0 Å². The Balaban J connectivity index is 1.25. The second-order valence-corrected chi connectivity index (χ2v) is 9.53. The van der Waals surface area contributed by atoms with Crippen LogP contribution in [-0.2, 0) is 24.4 Å². The summed E-state index contributed by atoms with van der Waals surface area (Å²) in [7, 11) is 0. The average molecular weight is 470 g/mol. The number of hydrogen-bond donors (Lipinski definition) is 0. The molecule has 5 nitrogen and oxygen atoms in total. The second-order valence-electron chi connectivity index (χ2n) is 8.15. The van der Waals surface area contributed by atoms with Crippen LogP contribution in [0.25, 0.3) is 0 Å². The van der Waals surface area contributed by atoms with Crippen LogP contribution in [0.5, 0.6) is 5.75 Å². The molecule has 32 heavy (non-hydrogen) atoms. The minimum absolute atomic E-state index is 0.148. The van der Waals surface area contributed by atoms with Gasteiger partial charge in [-0.1, -0.05) is 41.4 Å². The molecular formula is C25H28ClN3O2S. The van der Waals surface area contributed by atoms with E-state index < -0.39 is 0 Å². The molecule has 0 spiro atoms. The number of ether oxygens (including phenoxy) is 1. The lowest BCUT2D eigenvalue weighted by molar-refractivity contribution is -0.130. The summed E-state index contributed by atoms with van der Waals surface area (Å²) in [6.07, 6.45) is 1.32. The first-order valence-electron chi connectivity index (χ1n) is 10.9. The molecule has 2 heterocycles. The fourth-order valence-electron chi connectivity index (χ4n) is 3.77. The summed E-state index contributed by atoms with van der Waals surface area (Å²) in [4.78, 5) is 21.9. The molecule has 1 aliphatic heterocycles. The van der Waals surface area contributed by atoms with Gasteiger partial charge in [0.2, 0.25) is 5.91 Å². The van der Waals surface area contributed by atoms with Gasteiger partial charge in [-0.25, -0.2) is 4.98 Å². The van der Waals surface area contributed by atoms with E-state index in [0.29, 0.717) is 13.0 Å². The average Bonchev–Trinajstić information content (AvgIpc) is 3.10. The van der Waals surface area contributed by atoms with E-state index in [0.717, 1.165) is 60.6 Å². The molecule has 0 saturated carbocycles. The molecule has 0 aliphatic carbocycles. The van der Waals surface area contributed by atoms with Crippen molar-refractivity contribution in [2.24, 2.45) is 0 Å². The second kappa shape index (κ2) is 10.9. The van der Waals surface area contributed by atoms with Crippen molar-refractivity contribution in [2.75, 3.05) is 26.2 Å².